The first-order valence-corrected chi connectivity index (χ1v) is 8.74. The van der Waals surface area contributed by atoms with Crippen LogP contribution in [0.1, 0.15) is 51.0 Å². The SMILES string of the molecule is C[C@H](NC(=O)COC(=O)C1(c2ccccc2F)CCCC1)C1CC1. The van der Waals surface area contributed by atoms with E-state index in [4.69, 9.17) is 4.74 Å². The van der Waals surface area contributed by atoms with E-state index in [0.717, 1.165) is 25.7 Å². The van der Waals surface area contributed by atoms with Gasteiger partial charge in [-0.3, -0.25) is 9.59 Å². The van der Waals surface area contributed by atoms with Gasteiger partial charge in [-0.25, -0.2) is 4.39 Å². The molecule has 1 atom stereocenters. The highest BCUT2D eigenvalue weighted by Crippen LogP contribution is 2.43. The van der Waals surface area contributed by atoms with Gasteiger partial charge >= 0.3 is 5.97 Å². The predicted molar refractivity (Wildman–Crippen MR) is 87.8 cm³/mol. The fourth-order valence-corrected chi connectivity index (χ4v) is 3.69. The molecular weight excluding hydrogens is 309 g/mol. The maximum Gasteiger partial charge on any atom is 0.317 e. The molecule has 2 aliphatic rings. The summed E-state index contributed by atoms with van der Waals surface area (Å²) in [5.41, 5.74) is -0.562. The lowest BCUT2D eigenvalue weighted by Crippen LogP contribution is -2.40. The zero-order chi connectivity index (χ0) is 17.2. The van der Waals surface area contributed by atoms with E-state index in [1.807, 2.05) is 6.92 Å². The summed E-state index contributed by atoms with van der Waals surface area (Å²) in [6.45, 7) is 1.67. The molecule has 1 amide bonds. The Morgan fingerprint density at radius 2 is 1.96 bits per heavy atom. The van der Waals surface area contributed by atoms with E-state index in [1.54, 1.807) is 18.2 Å². The van der Waals surface area contributed by atoms with E-state index in [2.05, 4.69) is 5.32 Å². The van der Waals surface area contributed by atoms with Crippen LogP contribution in [0, 0.1) is 11.7 Å². The van der Waals surface area contributed by atoms with Crippen LogP contribution in [-0.4, -0.2) is 24.5 Å². The number of carbonyl (C=O) groups is 2. The van der Waals surface area contributed by atoms with Gasteiger partial charge in [-0.05, 0) is 44.6 Å². The average molecular weight is 333 g/mol. The van der Waals surface area contributed by atoms with Crippen LogP contribution in [0.25, 0.3) is 0 Å². The van der Waals surface area contributed by atoms with Crippen molar-refractivity contribution < 1.29 is 18.7 Å². The molecule has 1 N–H and O–H groups in total. The van der Waals surface area contributed by atoms with Crippen molar-refractivity contribution in [2.24, 2.45) is 5.92 Å². The molecule has 2 aliphatic carbocycles. The lowest BCUT2D eigenvalue weighted by Gasteiger charge is -2.27. The summed E-state index contributed by atoms with van der Waals surface area (Å²) in [4.78, 5) is 24.6. The number of rotatable bonds is 6. The Labute approximate surface area is 141 Å². The van der Waals surface area contributed by atoms with E-state index in [1.165, 1.54) is 6.07 Å². The number of esters is 1. The Kier molecular flexibility index (Phi) is 4.88. The van der Waals surface area contributed by atoms with E-state index >= 15 is 0 Å². The molecule has 3 rings (SSSR count). The van der Waals surface area contributed by atoms with Crippen molar-refractivity contribution in [3.8, 4) is 0 Å². The first-order chi connectivity index (χ1) is 11.5. The summed E-state index contributed by atoms with van der Waals surface area (Å²) in [5, 5.41) is 2.86. The second kappa shape index (κ2) is 6.91. The van der Waals surface area contributed by atoms with Crippen LogP contribution < -0.4 is 5.32 Å². The summed E-state index contributed by atoms with van der Waals surface area (Å²) in [7, 11) is 0. The minimum atomic E-state index is -0.951. The molecule has 0 aliphatic heterocycles. The molecule has 24 heavy (non-hydrogen) atoms. The number of hydrogen-bond acceptors (Lipinski definition) is 3. The molecule has 0 unspecified atom stereocenters. The zero-order valence-corrected chi connectivity index (χ0v) is 14.0. The van der Waals surface area contributed by atoms with Crippen LogP contribution in [0.3, 0.4) is 0 Å². The van der Waals surface area contributed by atoms with Crippen LogP contribution in [0.2, 0.25) is 0 Å². The van der Waals surface area contributed by atoms with E-state index in [0.29, 0.717) is 24.3 Å². The van der Waals surface area contributed by atoms with Crippen molar-refractivity contribution in [1.29, 1.82) is 0 Å². The number of halogens is 1. The van der Waals surface area contributed by atoms with Gasteiger partial charge in [0.15, 0.2) is 6.61 Å². The molecule has 0 spiro atoms. The maximum absolute atomic E-state index is 14.2. The molecule has 1 aromatic rings. The first-order valence-electron chi connectivity index (χ1n) is 8.74. The highest BCUT2D eigenvalue weighted by molar-refractivity contribution is 5.86. The number of ether oxygens (including phenoxy) is 1. The number of nitrogens with one attached hydrogen (secondary N) is 1. The molecule has 0 saturated heterocycles. The van der Waals surface area contributed by atoms with Gasteiger partial charge in [0.05, 0.1) is 5.41 Å². The summed E-state index contributed by atoms with van der Waals surface area (Å²) in [6, 6.07) is 6.47. The fourth-order valence-electron chi connectivity index (χ4n) is 3.69. The zero-order valence-electron chi connectivity index (χ0n) is 14.0. The Balaban J connectivity index is 1.65. The van der Waals surface area contributed by atoms with Gasteiger partial charge in [-0.15, -0.1) is 0 Å². The normalized spacial score (nSPS) is 20.4. The van der Waals surface area contributed by atoms with E-state index in [-0.39, 0.29) is 24.4 Å². The maximum atomic E-state index is 14.2. The number of benzene rings is 1. The Morgan fingerprint density at radius 1 is 1.29 bits per heavy atom. The molecule has 4 nitrogen and oxygen atoms in total. The van der Waals surface area contributed by atoms with Crippen molar-refractivity contribution in [1.82, 2.24) is 5.32 Å². The third kappa shape index (κ3) is 3.45. The molecule has 5 heteroatoms. The minimum Gasteiger partial charge on any atom is -0.455 e. The van der Waals surface area contributed by atoms with Crippen LogP contribution in [-0.2, 0) is 19.7 Å². The second-order valence-corrected chi connectivity index (χ2v) is 7.04. The Morgan fingerprint density at radius 3 is 2.58 bits per heavy atom. The fraction of sp³-hybridized carbons (Fsp3) is 0.579. The van der Waals surface area contributed by atoms with Crippen molar-refractivity contribution in [2.45, 2.75) is 56.9 Å². The molecule has 0 bridgehead atoms. The molecule has 0 aromatic heterocycles. The molecule has 2 saturated carbocycles. The summed E-state index contributed by atoms with van der Waals surface area (Å²) < 4.78 is 19.5. The molecule has 0 heterocycles. The molecule has 1 aromatic carbocycles. The first kappa shape index (κ1) is 16.9. The summed E-state index contributed by atoms with van der Waals surface area (Å²) in [5.74, 6) is -0.615. The lowest BCUT2D eigenvalue weighted by molar-refractivity contribution is -0.154. The Hall–Kier alpha value is -1.91. The summed E-state index contributed by atoms with van der Waals surface area (Å²) >= 11 is 0. The van der Waals surface area contributed by atoms with Gasteiger partial charge in [0, 0.05) is 11.6 Å². The molecule has 2 fully saturated rings. The summed E-state index contributed by atoms with van der Waals surface area (Å²) in [6.07, 6.45) is 5.11. The lowest BCUT2D eigenvalue weighted by atomic mass is 9.78. The highest BCUT2D eigenvalue weighted by Gasteiger charge is 2.46. The third-order valence-corrected chi connectivity index (χ3v) is 5.29. The largest absolute Gasteiger partial charge is 0.455 e. The number of carbonyl (C=O) groups excluding carboxylic acids is 2. The predicted octanol–water partition coefficient (Wildman–Crippen LogP) is 3.10. The Bertz CT molecular complexity index is 621. The van der Waals surface area contributed by atoms with Crippen molar-refractivity contribution in [2.75, 3.05) is 6.61 Å². The minimum absolute atomic E-state index is 0.114. The molecule has 130 valence electrons. The van der Waals surface area contributed by atoms with Gasteiger partial charge in [-0.1, -0.05) is 31.0 Å². The van der Waals surface area contributed by atoms with Gasteiger partial charge in [-0.2, -0.15) is 0 Å². The monoisotopic (exact) mass is 333 g/mol. The molecular formula is C19H24FNO3. The smallest absolute Gasteiger partial charge is 0.317 e. The van der Waals surface area contributed by atoms with Crippen molar-refractivity contribution >= 4 is 11.9 Å². The van der Waals surface area contributed by atoms with Crippen molar-refractivity contribution in [3.05, 3.63) is 35.6 Å². The quantitative estimate of drug-likeness (QED) is 0.814. The van der Waals surface area contributed by atoms with E-state index in [9.17, 15) is 14.0 Å². The van der Waals surface area contributed by atoms with Gasteiger partial charge in [0.1, 0.15) is 5.82 Å². The van der Waals surface area contributed by atoms with Crippen LogP contribution in [0.15, 0.2) is 24.3 Å². The van der Waals surface area contributed by atoms with Gasteiger partial charge < -0.3 is 10.1 Å². The van der Waals surface area contributed by atoms with Crippen molar-refractivity contribution in [3.63, 3.8) is 0 Å². The van der Waals surface area contributed by atoms with Crippen LogP contribution in [0.5, 0.6) is 0 Å². The second-order valence-electron chi connectivity index (χ2n) is 7.04. The van der Waals surface area contributed by atoms with Gasteiger partial charge in [0.2, 0.25) is 0 Å². The topological polar surface area (TPSA) is 55.4 Å². The number of hydrogen-bond donors (Lipinski definition) is 1. The van der Waals surface area contributed by atoms with Gasteiger partial charge in [0.25, 0.3) is 5.91 Å². The molecule has 0 radical (unpaired) electrons. The standard InChI is InChI=1S/C19H24FNO3/c1-13(14-8-9-14)21-17(22)12-24-18(23)19(10-4-5-11-19)15-6-2-3-7-16(15)20/h2-3,6-7,13-14H,4-5,8-12H2,1H3,(H,21,22)/t13-/m0/s1. The van der Waals surface area contributed by atoms with Crippen LogP contribution >= 0.6 is 0 Å². The van der Waals surface area contributed by atoms with Crippen LogP contribution in [0.4, 0.5) is 4.39 Å². The third-order valence-electron chi connectivity index (χ3n) is 5.29. The number of amides is 1. The average Bonchev–Trinajstić information content (AvgIpc) is 3.31. The van der Waals surface area contributed by atoms with E-state index < -0.39 is 11.4 Å². The highest BCUT2D eigenvalue weighted by atomic mass is 19.1.